The largest absolute Gasteiger partial charge is 0.481 e. The van der Waals surface area contributed by atoms with E-state index in [1.165, 1.54) is 19.3 Å². The Labute approximate surface area is 182 Å². The zero-order chi connectivity index (χ0) is 21.3. The van der Waals surface area contributed by atoms with Crippen LogP contribution in [-0.2, 0) is 31.5 Å². The Bertz CT molecular complexity index is 295. The standard InChI is InChI=1S/3C7H14O2.Fe/c3*1-2-3-4-5-6-7(8)9;/h3*2-6H2,1H3,(H,8,9);. The minimum Gasteiger partial charge on any atom is -0.481 e. The van der Waals surface area contributed by atoms with Crippen LogP contribution in [-0.4, -0.2) is 33.2 Å². The van der Waals surface area contributed by atoms with Crippen LogP contribution in [0.1, 0.15) is 117 Å². The first-order valence-corrected chi connectivity index (χ1v) is 10.5. The van der Waals surface area contributed by atoms with Crippen molar-refractivity contribution in [1.82, 2.24) is 0 Å². The number of rotatable bonds is 15. The second kappa shape index (κ2) is 30.7. The molecule has 0 saturated heterocycles. The molecule has 7 heteroatoms. The first-order valence-electron chi connectivity index (χ1n) is 10.5. The van der Waals surface area contributed by atoms with Crippen molar-refractivity contribution in [2.24, 2.45) is 0 Å². The summed E-state index contributed by atoms with van der Waals surface area (Å²) in [5.41, 5.74) is 0. The Morgan fingerprint density at radius 2 is 0.679 bits per heavy atom. The van der Waals surface area contributed by atoms with E-state index in [1.807, 2.05) is 0 Å². The SMILES string of the molecule is CCCCCCC(=O)O.CCCCCCC(=O)O.CCCCCCC(=O)O.[Fe]. The van der Waals surface area contributed by atoms with Gasteiger partial charge in [0.15, 0.2) is 0 Å². The van der Waals surface area contributed by atoms with Gasteiger partial charge in [0, 0.05) is 36.3 Å². The van der Waals surface area contributed by atoms with Crippen LogP contribution in [0.2, 0.25) is 0 Å². The summed E-state index contributed by atoms with van der Waals surface area (Å²) in [6.45, 7) is 6.34. The molecule has 0 spiro atoms. The van der Waals surface area contributed by atoms with E-state index < -0.39 is 17.9 Å². The molecule has 3 N–H and O–H groups in total. The van der Waals surface area contributed by atoms with Crippen LogP contribution < -0.4 is 0 Å². The quantitative estimate of drug-likeness (QED) is 0.206. The Hall–Kier alpha value is -1.07. The van der Waals surface area contributed by atoms with E-state index in [0.717, 1.165) is 57.8 Å². The van der Waals surface area contributed by atoms with E-state index in [4.69, 9.17) is 15.3 Å². The van der Waals surface area contributed by atoms with Gasteiger partial charge in [0.1, 0.15) is 0 Å². The Morgan fingerprint density at radius 3 is 0.821 bits per heavy atom. The van der Waals surface area contributed by atoms with E-state index in [1.54, 1.807) is 0 Å². The smallest absolute Gasteiger partial charge is 0.303 e. The molecule has 0 atom stereocenters. The van der Waals surface area contributed by atoms with Crippen LogP contribution in [0.4, 0.5) is 0 Å². The first-order chi connectivity index (χ1) is 12.8. The number of unbranched alkanes of at least 4 members (excludes halogenated alkanes) is 9. The number of aliphatic carboxylic acids is 3. The maximum atomic E-state index is 9.96. The molecular formula is C21H42FeO6. The third-order valence-corrected chi connectivity index (χ3v) is 3.73. The van der Waals surface area contributed by atoms with Crippen LogP contribution in [0.3, 0.4) is 0 Å². The average Bonchev–Trinajstić information content (AvgIpc) is 2.60. The van der Waals surface area contributed by atoms with Gasteiger partial charge in [0.05, 0.1) is 0 Å². The van der Waals surface area contributed by atoms with Gasteiger partial charge < -0.3 is 15.3 Å². The molecule has 0 aliphatic heterocycles. The van der Waals surface area contributed by atoms with Gasteiger partial charge >= 0.3 is 17.9 Å². The molecule has 0 amide bonds. The molecule has 0 aromatic heterocycles. The molecule has 0 radical (unpaired) electrons. The van der Waals surface area contributed by atoms with Gasteiger partial charge in [0.2, 0.25) is 0 Å². The summed E-state index contributed by atoms with van der Waals surface area (Å²) < 4.78 is 0. The van der Waals surface area contributed by atoms with Crippen molar-refractivity contribution in [3.05, 3.63) is 0 Å². The molecule has 0 aromatic rings. The minimum absolute atomic E-state index is 0. The van der Waals surface area contributed by atoms with Crippen molar-refractivity contribution < 1.29 is 46.8 Å². The van der Waals surface area contributed by atoms with Crippen LogP contribution >= 0.6 is 0 Å². The molecule has 6 nitrogen and oxygen atoms in total. The zero-order valence-corrected chi connectivity index (χ0v) is 19.1. The fraction of sp³-hybridized carbons (Fsp3) is 0.857. The van der Waals surface area contributed by atoms with Gasteiger partial charge in [0.25, 0.3) is 0 Å². The molecule has 0 bridgehead atoms. The van der Waals surface area contributed by atoms with E-state index >= 15 is 0 Å². The summed E-state index contributed by atoms with van der Waals surface area (Å²) in [7, 11) is 0. The van der Waals surface area contributed by atoms with Crippen LogP contribution in [0.15, 0.2) is 0 Å². The Kier molecular flexibility index (Phi) is 37.7. The second-order valence-electron chi connectivity index (χ2n) is 6.61. The zero-order valence-electron chi connectivity index (χ0n) is 18.0. The van der Waals surface area contributed by atoms with E-state index in [2.05, 4.69) is 20.8 Å². The van der Waals surface area contributed by atoms with Crippen LogP contribution in [0.25, 0.3) is 0 Å². The molecular weight excluding hydrogens is 404 g/mol. The molecule has 0 unspecified atom stereocenters. The third-order valence-electron chi connectivity index (χ3n) is 3.73. The topological polar surface area (TPSA) is 112 Å². The maximum absolute atomic E-state index is 9.96. The summed E-state index contributed by atoms with van der Waals surface area (Å²) in [6.07, 6.45) is 13.7. The number of carboxylic acid groups (broad SMARTS) is 3. The van der Waals surface area contributed by atoms with Crippen LogP contribution in [0, 0.1) is 0 Å². The van der Waals surface area contributed by atoms with Gasteiger partial charge in [-0.05, 0) is 19.3 Å². The maximum Gasteiger partial charge on any atom is 0.303 e. The van der Waals surface area contributed by atoms with Crippen molar-refractivity contribution in [2.45, 2.75) is 117 Å². The van der Waals surface area contributed by atoms with Gasteiger partial charge in [-0.2, -0.15) is 0 Å². The summed E-state index contributed by atoms with van der Waals surface area (Å²) in [6, 6.07) is 0. The summed E-state index contributed by atoms with van der Waals surface area (Å²) in [4.78, 5) is 29.9. The summed E-state index contributed by atoms with van der Waals surface area (Å²) in [5, 5.41) is 24.6. The molecule has 0 aromatic carbocycles. The minimum atomic E-state index is -0.675. The number of hydrogen-bond acceptors (Lipinski definition) is 3. The molecule has 0 fully saturated rings. The summed E-state index contributed by atoms with van der Waals surface area (Å²) >= 11 is 0. The fourth-order valence-electron chi connectivity index (χ4n) is 2.11. The Morgan fingerprint density at radius 1 is 0.464 bits per heavy atom. The summed E-state index contributed by atoms with van der Waals surface area (Å²) in [5.74, 6) is -2.02. The van der Waals surface area contributed by atoms with E-state index in [9.17, 15) is 14.4 Å². The number of carbonyl (C=O) groups is 3. The van der Waals surface area contributed by atoms with Gasteiger partial charge in [-0.1, -0.05) is 78.6 Å². The van der Waals surface area contributed by atoms with Gasteiger partial charge in [-0.15, -0.1) is 0 Å². The number of carboxylic acids is 3. The molecule has 28 heavy (non-hydrogen) atoms. The molecule has 0 aliphatic rings. The van der Waals surface area contributed by atoms with E-state index in [-0.39, 0.29) is 17.1 Å². The molecule has 0 aliphatic carbocycles. The number of hydrogen-bond donors (Lipinski definition) is 3. The monoisotopic (exact) mass is 446 g/mol. The van der Waals surface area contributed by atoms with Crippen molar-refractivity contribution in [3.8, 4) is 0 Å². The second-order valence-corrected chi connectivity index (χ2v) is 6.61. The van der Waals surface area contributed by atoms with Crippen molar-refractivity contribution >= 4 is 17.9 Å². The van der Waals surface area contributed by atoms with Crippen molar-refractivity contribution in [3.63, 3.8) is 0 Å². The van der Waals surface area contributed by atoms with Gasteiger partial charge in [-0.25, -0.2) is 0 Å². The predicted octanol–water partition coefficient (Wildman–Crippen LogP) is 6.12. The van der Waals surface area contributed by atoms with Gasteiger partial charge in [-0.3, -0.25) is 14.4 Å². The van der Waals surface area contributed by atoms with Crippen molar-refractivity contribution in [1.29, 1.82) is 0 Å². The predicted molar refractivity (Wildman–Crippen MR) is 109 cm³/mol. The molecule has 0 rings (SSSR count). The van der Waals surface area contributed by atoms with Crippen LogP contribution in [0.5, 0.6) is 0 Å². The van der Waals surface area contributed by atoms with Crippen molar-refractivity contribution in [2.75, 3.05) is 0 Å². The average molecular weight is 446 g/mol. The molecule has 0 saturated carbocycles. The molecule has 0 heterocycles. The fourth-order valence-corrected chi connectivity index (χ4v) is 2.11. The van der Waals surface area contributed by atoms with E-state index in [0.29, 0.717) is 19.3 Å². The third kappa shape index (κ3) is 49.8. The first kappa shape index (κ1) is 34.4. The normalized spacial score (nSPS) is 9.11. The Balaban J connectivity index is -0.000000152. The molecule has 170 valence electrons.